The van der Waals surface area contributed by atoms with E-state index >= 15 is 0 Å². The molecule has 1 N–H and O–H groups in total. The summed E-state index contributed by atoms with van der Waals surface area (Å²) in [5, 5.41) is 3.32. The maximum Gasteiger partial charge on any atom is 0.183 e. The first-order chi connectivity index (χ1) is 9.76. The molecule has 0 aromatic carbocycles. The standard InChI is InChI=1S/C15H19N3O2/c1-11-5-4-7-17-12(11)9-16-10-13-15(20-3)14(19-2)6-8-18-13/h4-8,16H,9-10H2,1-3H3. The largest absolute Gasteiger partial charge is 0.493 e. The third-order valence-electron chi connectivity index (χ3n) is 3.07. The van der Waals surface area contributed by atoms with Crippen molar-refractivity contribution in [1.82, 2.24) is 15.3 Å². The molecule has 106 valence electrons. The Labute approximate surface area is 119 Å². The Kier molecular flexibility index (Phi) is 4.90. The molecule has 0 saturated heterocycles. The monoisotopic (exact) mass is 273 g/mol. The molecule has 0 radical (unpaired) electrons. The fraction of sp³-hybridized carbons (Fsp3) is 0.333. The highest BCUT2D eigenvalue weighted by Crippen LogP contribution is 2.28. The highest BCUT2D eigenvalue weighted by atomic mass is 16.5. The molecule has 0 aliphatic heterocycles. The molecule has 2 aromatic heterocycles. The molecular weight excluding hydrogens is 254 g/mol. The minimum atomic E-state index is 0.594. The average molecular weight is 273 g/mol. The van der Waals surface area contributed by atoms with Crippen molar-refractivity contribution >= 4 is 0 Å². The predicted molar refractivity (Wildman–Crippen MR) is 76.9 cm³/mol. The Morgan fingerprint density at radius 1 is 1.00 bits per heavy atom. The molecule has 2 aromatic rings. The second-order valence-electron chi connectivity index (χ2n) is 4.36. The Bertz CT molecular complexity index is 573. The van der Waals surface area contributed by atoms with E-state index in [0.717, 1.165) is 11.4 Å². The van der Waals surface area contributed by atoms with Crippen LogP contribution in [0.15, 0.2) is 30.6 Å². The van der Waals surface area contributed by atoms with Crippen LogP contribution in [0.4, 0.5) is 0 Å². The van der Waals surface area contributed by atoms with Gasteiger partial charge >= 0.3 is 0 Å². The number of nitrogens with zero attached hydrogens (tertiary/aromatic N) is 2. The number of aromatic nitrogens is 2. The van der Waals surface area contributed by atoms with Crippen LogP contribution >= 0.6 is 0 Å². The van der Waals surface area contributed by atoms with Gasteiger partial charge in [-0.1, -0.05) is 6.07 Å². The van der Waals surface area contributed by atoms with Crippen LogP contribution in [0.3, 0.4) is 0 Å². The van der Waals surface area contributed by atoms with E-state index in [1.807, 2.05) is 19.1 Å². The molecule has 2 rings (SSSR count). The summed E-state index contributed by atoms with van der Waals surface area (Å²) >= 11 is 0. The highest BCUT2D eigenvalue weighted by molar-refractivity contribution is 5.42. The van der Waals surface area contributed by atoms with Gasteiger partial charge in [0.2, 0.25) is 0 Å². The molecule has 0 saturated carbocycles. The minimum Gasteiger partial charge on any atom is -0.493 e. The third kappa shape index (κ3) is 3.24. The highest BCUT2D eigenvalue weighted by Gasteiger charge is 2.10. The van der Waals surface area contributed by atoms with Gasteiger partial charge in [0.25, 0.3) is 0 Å². The van der Waals surface area contributed by atoms with E-state index in [9.17, 15) is 0 Å². The van der Waals surface area contributed by atoms with Crippen molar-refractivity contribution in [3.05, 3.63) is 47.5 Å². The van der Waals surface area contributed by atoms with Crippen LogP contribution in [0.1, 0.15) is 17.0 Å². The fourth-order valence-corrected chi connectivity index (χ4v) is 1.98. The van der Waals surface area contributed by atoms with E-state index in [4.69, 9.17) is 9.47 Å². The topological polar surface area (TPSA) is 56.3 Å². The summed E-state index contributed by atoms with van der Waals surface area (Å²) in [5.74, 6) is 1.36. The summed E-state index contributed by atoms with van der Waals surface area (Å²) in [6.07, 6.45) is 3.51. The van der Waals surface area contributed by atoms with E-state index in [1.54, 1.807) is 32.7 Å². The van der Waals surface area contributed by atoms with E-state index in [2.05, 4.69) is 15.3 Å². The Morgan fingerprint density at radius 2 is 1.75 bits per heavy atom. The van der Waals surface area contributed by atoms with E-state index in [0.29, 0.717) is 24.6 Å². The molecule has 0 bridgehead atoms. The molecule has 0 unspecified atom stereocenters. The summed E-state index contributed by atoms with van der Waals surface area (Å²) in [4.78, 5) is 8.67. The van der Waals surface area contributed by atoms with E-state index in [-0.39, 0.29) is 0 Å². The van der Waals surface area contributed by atoms with Gasteiger partial charge in [-0.25, -0.2) is 0 Å². The lowest BCUT2D eigenvalue weighted by Gasteiger charge is -2.12. The third-order valence-corrected chi connectivity index (χ3v) is 3.07. The summed E-state index contributed by atoms with van der Waals surface area (Å²) in [7, 11) is 3.23. The summed E-state index contributed by atoms with van der Waals surface area (Å²) in [5.41, 5.74) is 3.03. The molecule has 5 heteroatoms. The second-order valence-corrected chi connectivity index (χ2v) is 4.36. The lowest BCUT2D eigenvalue weighted by atomic mass is 10.2. The SMILES string of the molecule is COc1ccnc(CNCc2ncccc2C)c1OC. The average Bonchev–Trinajstić information content (AvgIpc) is 2.48. The van der Waals surface area contributed by atoms with Crippen molar-refractivity contribution in [2.45, 2.75) is 20.0 Å². The number of hydrogen-bond donors (Lipinski definition) is 1. The summed E-state index contributed by atoms with van der Waals surface area (Å²) in [6.45, 7) is 3.33. The maximum atomic E-state index is 5.35. The molecule has 2 heterocycles. The van der Waals surface area contributed by atoms with Crippen LogP contribution in [0.2, 0.25) is 0 Å². The van der Waals surface area contributed by atoms with Gasteiger partial charge in [-0.3, -0.25) is 9.97 Å². The van der Waals surface area contributed by atoms with Crippen LogP contribution in [-0.4, -0.2) is 24.2 Å². The van der Waals surface area contributed by atoms with E-state index < -0.39 is 0 Å². The van der Waals surface area contributed by atoms with Crippen molar-refractivity contribution in [1.29, 1.82) is 0 Å². The number of pyridine rings is 2. The summed E-state index contributed by atoms with van der Waals surface area (Å²) < 4.78 is 10.6. The Hall–Kier alpha value is -2.14. The van der Waals surface area contributed by atoms with Gasteiger partial charge in [0.1, 0.15) is 0 Å². The Balaban J connectivity index is 2.03. The van der Waals surface area contributed by atoms with Gasteiger partial charge in [0.05, 0.1) is 25.6 Å². The van der Waals surface area contributed by atoms with Crippen molar-refractivity contribution in [2.24, 2.45) is 0 Å². The molecule has 0 atom stereocenters. The van der Waals surface area contributed by atoms with Crippen LogP contribution in [0.25, 0.3) is 0 Å². The molecule has 0 aliphatic rings. The van der Waals surface area contributed by atoms with Crippen molar-refractivity contribution in [3.8, 4) is 11.5 Å². The van der Waals surface area contributed by atoms with Gasteiger partial charge < -0.3 is 14.8 Å². The van der Waals surface area contributed by atoms with Crippen LogP contribution in [-0.2, 0) is 13.1 Å². The van der Waals surface area contributed by atoms with E-state index in [1.165, 1.54) is 5.56 Å². The van der Waals surface area contributed by atoms with Crippen LogP contribution < -0.4 is 14.8 Å². The van der Waals surface area contributed by atoms with Gasteiger partial charge in [0, 0.05) is 31.5 Å². The fourth-order valence-electron chi connectivity index (χ4n) is 1.98. The number of ether oxygens (including phenoxy) is 2. The zero-order valence-electron chi connectivity index (χ0n) is 12.0. The van der Waals surface area contributed by atoms with Gasteiger partial charge in [-0.2, -0.15) is 0 Å². The van der Waals surface area contributed by atoms with Crippen molar-refractivity contribution < 1.29 is 9.47 Å². The zero-order valence-corrected chi connectivity index (χ0v) is 12.0. The second kappa shape index (κ2) is 6.86. The van der Waals surface area contributed by atoms with Crippen LogP contribution in [0, 0.1) is 6.92 Å². The molecule has 20 heavy (non-hydrogen) atoms. The quantitative estimate of drug-likeness (QED) is 0.873. The molecule has 0 aliphatic carbocycles. The number of rotatable bonds is 6. The first-order valence-electron chi connectivity index (χ1n) is 6.43. The van der Waals surface area contributed by atoms with Gasteiger partial charge in [-0.05, 0) is 18.6 Å². The minimum absolute atomic E-state index is 0.594. The van der Waals surface area contributed by atoms with Crippen molar-refractivity contribution in [3.63, 3.8) is 0 Å². The number of nitrogens with one attached hydrogen (secondary N) is 1. The zero-order chi connectivity index (χ0) is 14.4. The van der Waals surface area contributed by atoms with Crippen molar-refractivity contribution in [2.75, 3.05) is 14.2 Å². The predicted octanol–water partition coefficient (Wildman–Crippen LogP) is 2.09. The molecule has 0 spiro atoms. The van der Waals surface area contributed by atoms with Gasteiger partial charge in [0.15, 0.2) is 11.5 Å². The lowest BCUT2D eigenvalue weighted by Crippen LogP contribution is -2.16. The number of hydrogen-bond acceptors (Lipinski definition) is 5. The first kappa shape index (κ1) is 14.3. The molecular formula is C15H19N3O2. The first-order valence-corrected chi connectivity index (χ1v) is 6.43. The maximum absolute atomic E-state index is 5.35. The normalized spacial score (nSPS) is 10.3. The van der Waals surface area contributed by atoms with Gasteiger partial charge in [-0.15, -0.1) is 0 Å². The number of aryl methyl sites for hydroxylation is 1. The smallest absolute Gasteiger partial charge is 0.183 e. The lowest BCUT2D eigenvalue weighted by molar-refractivity contribution is 0.348. The van der Waals surface area contributed by atoms with Crippen LogP contribution in [0.5, 0.6) is 11.5 Å². The molecule has 0 amide bonds. The Morgan fingerprint density at radius 3 is 2.45 bits per heavy atom. The molecule has 5 nitrogen and oxygen atoms in total. The number of methoxy groups -OCH3 is 2. The summed E-state index contributed by atoms with van der Waals surface area (Å²) in [6, 6.07) is 5.77. The molecule has 0 fully saturated rings.